The van der Waals surface area contributed by atoms with Gasteiger partial charge in [0.15, 0.2) is 0 Å². The van der Waals surface area contributed by atoms with Gasteiger partial charge in [-0.3, -0.25) is 9.59 Å². The van der Waals surface area contributed by atoms with Crippen molar-refractivity contribution in [3.8, 4) is 0 Å². The van der Waals surface area contributed by atoms with Gasteiger partial charge >= 0.3 is 0 Å². The summed E-state index contributed by atoms with van der Waals surface area (Å²) < 4.78 is 5.46. The van der Waals surface area contributed by atoms with E-state index in [1.54, 1.807) is 11.3 Å². The molecule has 0 spiro atoms. The molecule has 0 saturated carbocycles. The Morgan fingerprint density at radius 3 is 2.83 bits per heavy atom. The van der Waals surface area contributed by atoms with Crippen molar-refractivity contribution in [2.75, 3.05) is 18.8 Å². The van der Waals surface area contributed by atoms with E-state index in [0.717, 1.165) is 22.5 Å². The first-order valence-corrected chi connectivity index (χ1v) is 8.83. The van der Waals surface area contributed by atoms with Gasteiger partial charge in [-0.25, -0.2) is 4.98 Å². The number of rotatable bonds is 8. The summed E-state index contributed by atoms with van der Waals surface area (Å²) in [6.45, 7) is 4.25. The van der Waals surface area contributed by atoms with Crippen LogP contribution in [-0.2, 0) is 16.0 Å². The lowest BCUT2D eigenvalue weighted by molar-refractivity contribution is -0.124. The van der Waals surface area contributed by atoms with Gasteiger partial charge in [0.25, 0.3) is 5.22 Å². The highest BCUT2D eigenvalue weighted by molar-refractivity contribution is 7.99. The third kappa shape index (κ3) is 5.99. The van der Waals surface area contributed by atoms with Gasteiger partial charge in [0, 0.05) is 11.9 Å². The molecule has 2 aromatic heterocycles. The van der Waals surface area contributed by atoms with Crippen LogP contribution in [0.3, 0.4) is 0 Å². The molecule has 0 bridgehead atoms. The van der Waals surface area contributed by atoms with E-state index in [1.165, 1.54) is 0 Å². The Labute approximate surface area is 141 Å². The van der Waals surface area contributed by atoms with Crippen molar-refractivity contribution in [3.63, 3.8) is 0 Å². The summed E-state index contributed by atoms with van der Waals surface area (Å²) in [5.74, 6) is 0.0813. The summed E-state index contributed by atoms with van der Waals surface area (Å²) in [5.41, 5.74) is 0.882. The number of likely N-dealkylation sites (N-methyl/N-ethyl adjacent to an activating group) is 1. The molecular formula is C13H17N5O3S2. The zero-order valence-electron chi connectivity index (χ0n) is 12.8. The molecule has 8 nitrogen and oxygen atoms in total. The van der Waals surface area contributed by atoms with E-state index in [0.29, 0.717) is 24.1 Å². The molecule has 0 fully saturated rings. The first kappa shape index (κ1) is 17.4. The number of hydrogen-bond donors (Lipinski definition) is 2. The maximum atomic E-state index is 11.6. The summed E-state index contributed by atoms with van der Waals surface area (Å²) in [4.78, 5) is 27.2. The topological polar surface area (TPSA) is 110 Å². The van der Waals surface area contributed by atoms with Gasteiger partial charge in [-0.2, -0.15) is 0 Å². The Morgan fingerprint density at radius 2 is 2.13 bits per heavy atom. The number of carbonyl (C=O) groups is 2. The molecule has 0 radical (unpaired) electrons. The maximum absolute atomic E-state index is 11.6. The predicted octanol–water partition coefficient (Wildman–Crippen LogP) is 0.770. The van der Waals surface area contributed by atoms with Crippen LogP contribution in [0.25, 0.3) is 0 Å². The van der Waals surface area contributed by atoms with Crippen molar-refractivity contribution >= 4 is 34.9 Å². The van der Waals surface area contributed by atoms with Gasteiger partial charge in [0.05, 0.1) is 29.4 Å². The molecule has 0 aliphatic rings. The van der Waals surface area contributed by atoms with Crippen LogP contribution < -0.4 is 10.6 Å². The molecule has 2 aromatic rings. The number of thioether (sulfide) groups is 1. The summed E-state index contributed by atoms with van der Waals surface area (Å²) in [7, 11) is 0. The molecule has 0 aliphatic carbocycles. The maximum Gasteiger partial charge on any atom is 0.277 e. The average Bonchev–Trinajstić information content (AvgIpc) is 3.13. The second kappa shape index (κ2) is 8.63. The van der Waals surface area contributed by atoms with Crippen LogP contribution in [0, 0.1) is 6.92 Å². The minimum atomic E-state index is -0.267. The fourth-order valence-corrected chi connectivity index (χ4v) is 2.85. The lowest BCUT2D eigenvalue weighted by Gasteiger charge is -2.03. The van der Waals surface area contributed by atoms with Gasteiger partial charge in [-0.1, -0.05) is 11.8 Å². The number of thiazole rings is 1. The van der Waals surface area contributed by atoms with E-state index in [2.05, 4.69) is 25.8 Å². The minimum Gasteiger partial charge on any atom is -0.416 e. The van der Waals surface area contributed by atoms with Gasteiger partial charge < -0.3 is 15.1 Å². The van der Waals surface area contributed by atoms with Crippen molar-refractivity contribution in [2.24, 2.45) is 0 Å². The van der Waals surface area contributed by atoms with Crippen molar-refractivity contribution < 1.29 is 14.0 Å². The molecule has 0 aromatic carbocycles. The number of nitrogens with zero attached hydrogens (tertiary/aromatic N) is 3. The molecular weight excluding hydrogens is 338 g/mol. The van der Waals surface area contributed by atoms with Crippen LogP contribution in [0.5, 0.6) is 0 Å². The van der Waals surface area contributed by atoms with Crippen LogP contribution in [0.2, 0.25) is 0 Å². The predicted molar refractivity (Wildman–Crippen MR) is 86.4 cm³/mol. The molecule has 0 unspecified atom stereocenters. The van der Waals surface area contributed by atoms with Gasteiger partial charge in [0.2, 0.25) is 17.7 Å². The van der Waals surface area contributed by atoms with E-state index in [1.807, 2.05) is 19.2 Å². The lowest BCUT2D eigenvalue weighted by atomic mass is 10.3. The molecule has 2 rings (SSSR count). The zero-order chi connectivity index (χ0) is 16.7. The Hall–Kier alpha value is -1.94. The highest BCUT2D eigenvalue weighted by Crippen LogP contribution is 2.18. The Bertz CT molecular complexity index is 670. The monoisotopic (exact) mass is 355 g/mol. The lowest BCUT2D eigenvalue weighted by Crippen LogP contribution is -2.37. The molecule has 2 N–H and O–H groups in total. The van der Waals surface area contributed by atoms with Crippen LogP contribution in [0.15, 0.2) is 15.0 Å². The molecule has 2 heterocycles. The molecule has 124 valence electrons. The number of carbonyl (C=O) groups excluding carboxylic acids is 2. The largest absolute Gasteiger partial charge is 0.416 e. The van der Waals surface area contributed by atoms with Crippen LogP contribution in [-0.4, -0.2) is 45.8 Å². The highest BCUT2D eigenvalue weighted by atomic mass is 32.2. The van der Waals surface area contributed by atoms with Crippen molar-refractivity contribution in [1.82, 2.24) is 25.8 Å². The highest BCUT2D eigenvalue weighted by Gasteiger charge is 2.12. The Kier molecular flexibility index (Phi) is 6.53. The Balaban J connectivity index is 1.74. The van der Waals surface area contributed by atoms with Gasteiger partial charge in [0.1, 0.15) is 0 Å². The van der Waals surface area contributed by atoms with Crippen molar-refractivity contribution in [3.05, 3.63) is 22.0 Å². The Morgan fingerprint density at radius 1 is 1.30 bits per heavy atom. The van der Waals surface area contributed by atoms with Crippen LogP contribution >= 0.6 is 23.1 Å². The van der Waals surface area contributed by atoms with E-state index < -0.39 is 0 Å². The number of aryl methyl sites for hydroxylation is 1. The summed E-state index contributed by atoms with van der Waals surface area (Å²) in [5, 5.41) is 16.2. The van der Waals surface area contributed by atoms with E-state index in [4.69, 9.17) is 4.42 Å². The molecule has 0 atom stereocenters. The molecule has 23 heavy (non-hydrogen) atoms. The van der Waals surface area contributed by atoms with Crippen LogP contribution in [0.1, 0.15) is 23.5 Å². The fourth-order valence-electron chi connectivity index (χ4n) is 1.63. The van der Waals surface area contributed by atoms with Crippen molar-refractivity contribution in [1.29, 1.82) is 0 Å². The summed E-state index contributed by atoms with van der Waals surface area (Å²) in [6, 6.07) is 0. The quantitative estimate of drug-likeness (QED) is 0.673. The molecule has 2 amide bonds. The second-order valence-corrected chi connectivity index (χ2v) is 6.50. The molecule has 10 heteroatoms. The molecule has 0 saturated heterocycles. The molecule has 0 aliphatic heterocycles. The first-order chi connectivity index (χ1) is 11.1. The SMILES string of the molecule is CCNC(=O)CNC(=O)CSc1nnc(Cc2csc(C)n2)o1. The van der Waals surface area contributed by atoms with Crippen molar-refractivity contribution in [2.45, 2.75) is 25.5 Å². The van der Waals surface area contributed by atoms with Crippen LogP contribution in [0.4, 0.5) is 0 Å². The first-order valence-electron chi connectivity index (χ1n) is 6.96. The smallest absolute Gasteiger partial charge is 0.277 e. The summed E-state index contributed by atoms with van der Waals surface area (Å²) >= 11 is 2.69. The van der Waals surface area contributed by atoms with Gasteiger partial charge in [-0.15, -0.1) is 21.5 Å². The normalized spacial score (nSPS) is 10.5. The number of nitrogens with one attached hydrogen (secondary N) is 2. The number of amides is 2. The number of aromatic nitrogens is 3. The van der Waals surface area contributed by atoms with E-state index in [9.17, 15) is 9.59 Å². The van der Waals surface area contributed by atoms with Gasteiger partial charge in [-0.05, 0) is 13.8 Å². The zero-order valence-corrected chi connectivity index (χ0v) is 14.4. The average molecular weight is 355 g/mol. The second-order valence-electron chi connectivity index (χ2n) is 4.52. The van der Waals surface area contributed by atoms with E-state index in [-0.39, 0.29) is 24.1 Å². The fraction of sp³-hybridized carbons (Fsp3) is 0.462. The summed E-state index contributed by atoms with van der Waals surface area (Å²) in [6.07, 6.45) is 0.473. The van der Waals surface area contributed by atoms with E-state index >= 15 is 0 Å². The number of hydrogen-bond acceptors (Lipinski definition) is 8. The standard InChI is InChI=1S/C13H17N5O3S2/c1-3-14-10(19)5-15-11(20)7-23-13-18-17-12(21-13)4-9-6-22-8(2)16-9/h6H,3-5,7H2,1-2H3,(H,14,19)(H,15,20). The third-order valence-corrected chi connectivity index (χ3v) is 4.23. The third-order valence-electron chi connectivity index (χ3n) is 2.59. The minimum absolute atomic E-state index is 0.0362.